The summed E-state index contributed by atoms with van der Waals surface area (Å²) in [6, 6.07) is 2.94. The van der Waals surface area contributed by atoms with Crippen molar-refractivity contribution in [1.29, 1.82) is 0 Å². The summed E-state index contributed by atoms with van der Waals surface area (Å²) in [4.78, 5) is 15.6. The summed E-state index contributed by atoms with van der Waals surface area (Å²) in [5.41, 5.74) is 6.29. The highest BCUT2D eigenvalue weighted by Crippen LogP contribution is 2.18. The van der Waals surface area contributed by atoms with Crippen LogP contribution in [0.5, 0.6) is 0 Å². The number of nitrogens with one attached hydrogen (secondary N) is 1. The van der Waals surface area contributed by atoms with Gasteiger partial charge in [-0.1, -0.05) is 20.8 Å². The third kappa shape index (κ3) is 5.86. The Kier molecular flexibility index (Phi) is 8.15. The van der Waals surface area contributed by atoms with Gasteiger partial charge in [-0.05, 0) is 17.5 Å². The van der Waals surface area contributed by atoms with Crippen molar-refractivity contribution in [3.63, 3.8) is 0 Å². The summed E-state index contributed by atoms with van der Waals surface area (Å²) in [6.07, 6.45) is 3.25. The van der Waals surface area contributed by atoms with E-state index in [2.05, 4.69) is 10.3 Å². The van der Waals surface area contributed by atoms with E-state index >= 15 is 0 Å². The average molecular weight is 280 g/mol. The molecule has 1 aromatic rings. The van der Waals surface area contributed by atoms with Gasteiger partial charge < -0.3 is 11.1 Å². The van der Waals surface area contributed by atoms with Gasteiger partial charge in [0.25, 0.3) is 0 Å². The number of amides is 1. The van der Waals surface area contributed by atoms with Gasteiger partial charge in [0.15, 0.2) is 0 Å². The van der Waals surface area contributed by atoms with E-state index in [4.69, 9.17) is 5.73 Å². The van der Waals surface area contributed by atoms with Crippen LogP contribution in [-0.2, 0) is 4.79 Å². The van der Waals surface area contributed by atoms with Crippen LogP contribution in [0.3, 0.4) is 0 Å². The molecule has 0 spiro atoms. The molecular formula is C11H19Cl2N3O. The van der Waals surface area contributed by atoms with Crippen LogP contribution in [0.15, 0.2) is 24.5 Å². The predicted molar refractivity (Wildman–Crippen MR) is 74.8 cm³/mol. The first-order chi connectivity index (χ1) is 6.91. The largest absolute Gasteiger partial charge is 0.325 e. The molecule has 0 aliphatic carbocycles. The predicted octanol–water partition coefficient (Wildman–Crippen LogP) is 2.24. The van der Waals surface area contributed by atoms with E-state index in [1.54, 1.807) is 24.5 Å². The molecule has 17 heavy (non-hydrogen) atoms. The highest BCUT2D eigenvalue weighted by molar-refractivity contribution is 5.95. The van der Waals surface area contributed by atoms with Crippen molar-refractivity contribution in [2.75, 3.05) is 5.32 Å². The lowest BCUT2D eigenvalue weighted by Crippen LogP contribution is -2.45. The first-order valence-electron chi connectivity index (χ1n) is 4.88. The molecule has 0 aromatic carbocycles. The van der Waals surface area contributed by atoms with Crippen LogP contribution < -0.4 is 11.1 Å². The van der Waals surface area contributed by atoms with Gasteiger partial charge in [0, 0.05) is 18.1 Å². The van der Waals surface area contributed by atoms with E-state index in [9.17, 15) is 4.79 Å². The summed E-state index contributed by atoms with van der Waals surface area (Å²) < 4.78 is 0. The molecule has 0 aliphatic heterocycles. The number of carbonyl (C=O) groups is 1. The highest BCUT2D eigenvalue weighted by Gasteiger charge is 2.27. The van der Waals surface area contributed by atoms with Crippen LogP contribution in [0.4, 0.5) is 5.69 Å². The standard InChI is InChI=1S/C11H17N3O.2ClH/c1-11(2,3)9(12)10(15)14-8-4-6-13-7-5-8;;/h4-7,9H,12H2,1-3H3,(H,13,14,15);2*1H/t9-;;/m1../s1. The SMILES string of the molecule is CC(C)(C)[C@H](N)C(=O)Nc1ccncc1.Cl.Cl. The van der Waals surface area contributed by atoms with E-state index in [1.807, 2.05) is 20.8 Å². The maximum absolute atomic E-state index is 11.7. The molecule has 0 saturated carbocycles. The summed E-state index contributed by atoms with van der Waals surface area (Å²) in [7, 11) is 0. The molecule has 1 heterocycles. The third-order valence-corrected chi connectivity index (χ3v) is 2.16. The van der Waals surface area contributed by atoms with Crippen LogP contribution >= 0.6 is 24.8 Å². The topological polar surface area (TPSA) is 68.0 Å². The maximum atomic E-state index is 11.7. The Morgan fingerprint density at radius 3 is 2.18 bits per heavy atom. The van der Waals surface area contributed by atoms with Crippen molar-refractivity contribution in [3.05, 3.63) is 24.5 Å². The number of pyridine rings is 1. The number of rotatable bonds is 2. The third-order valence-electron chi connectivity index (χ3n) is 2.16. The minimum absolute atomic E-state index is 0. The van der Waals surface area contributed by atoms with E-state index in [0.717, 1.165) is 5.69 Å². The Bertz CT molecular complexity index is 338. The minimum Gasteiger partial charge on any atom is -0.325 e. The van der Waals surface area contributed by atoms with Crippen LogP contribution in [0, 0.1) is 5.41 Å². The quantitative estimate of drug-likeness (QED) is 0.873. The van der Waals surface area contributed by atoms with Gasteiger partial charge in [-0.3, -0.25) is 9.78 Å². The lowest BCUT2D eigenvalue weighted by atomic mass is 9.87. The molecule has 6 heteroatoms. The molecule has 3 N–H and O–H groups in total. The number of carbonyl (C=O) groups excluding carboxylic acids is 1. The molecule has 0 radical (unpaired) electrons. The zero-order chi connectivity index (χ0) is 11.5. The zero-order valence-corrected chi connectivity index (χ0v) is 11.8. The summed E-state index contributed by atoms with van der Waals surface area (Å²) in [5, 5.41) is 2.74. The molecule has 0 aliphatic rings. The minimum atomic E-state index is -0.523. The number of halogens is 2. The maximum Gasteiger partial charge on any atom is 0.241 e. The zero-order valence-electron chi connectivity index (χ0n) is 10.1. The molecule has 1 aromatic heterocycles. The Labute approximate surface area is 114 Å². The number of hydrogen-bond donors (Lipinski definition) is 2. The van der Waals surface area contributed by atoms with Crippen molar-refractivity contribution in [3.8, 4) is 0 Å². The van der Waals surface area contributed by atoms with E-state index in [0.29, 0.717) is 0 Å². The van der Waals surface area contributed by atoms with Crippen molar-refractivity contribution >= 4 is 36.4 Å². The second kappa shape index (κ2) is 7.48. The molecule has 0 fully saturated rings. The highest BCUT2D eigenvalue weighted by atomic mass is 35.5. The lowest BCUT2D eigenvalue weighted by molar-refractivity contribution is -0.119. The monoisotopic (exact) mass is 279 g/mol. The molecule has 0 unspecified atom stereocenters. The Hall–Kier alpha value is -0.840. The molecule has 0 bridgehead atoms. The summed E-state index contributed by atoms with van der Waals surface area (Å²) in [5.74, 6) is -0.172. The summed E-state index contributed by atoms with van der Waals surface area (Å²) in [6.45, 7) is 5.80. The van der Waals surface area contributed by atoms with Gasteiger partial charge in [-0.2, -0.15) is 0 Å². The van der Waals surface area contributed by atoms with Crippen LogP contribution in [0.1, 0.15) is 20.8 Å². The number of nitrogens with zero attached hydrogens (tertiary/aromatic N) is 1. The molecule has 4 nitrogen and oxygen atoms in total. The number of hydrogen-bond acceptors (Lipinski definition) is 3. The van der Waals surface area contributed by atoms with Gasteiger partial charge in [0.1, 0.15) is 0 Å². The van der Waals surface area contributed by atoms with Gasteiger partial charge >= 0.3 is 0 Å². The number of nitrogens with two attached hydrogens (primary N) is 1. The fourth-order valence-electron chi connectivity index (χ4n) is 1.05. The Morgan fingerprint density at radius 1 is 1.29 bits per heavy atom. The van der Waals surface area contributed by atoms with Gasteiger partial charge in [-0.15, -0.1) is 24.8 Å². The van der Waals surface area contributed by atoms with Crippen LogP contribution in [0.2, 0.25) is 0 Å². The van der Waals surface area contributed by atoms with Crippen molar-refractivity contribution in [1.82, 2.24) is 4.98 Å². The van der Waals surface area contributed by atoms with Crippen molar-refractivity contribution < 1.29 is 4.79 Å². The average Bonchev–Trinajstić information content (AvgIpc) is 2.16. The summed E-state index contributed by atoms with van der Waals surface area (Å²) >= 11 is 0. The van der Waals surface area contributed by atoms with E-state index < -0.39 is 6.04 Å². The molecule has 0 saturated heterocycles. The van der Waals surface area contributed by atoms with E-state index in [-0.39, 0.29) is 36.1 Å². The molecule has 1 amide bonds. The first kappa shape index (κ1) is 18.5. The van der Waals surface area contributed by atoms with Crippen molar-refractivity contribution in [2.24, 2.45) is 11.1 Å². The van der Waals surface area contributed by atoms with Gasteiger partial charge in [0.05, 0.1) is 6.04 Å². The normalized spacial score (nSPS) is 11.8. The molecular weight excluding hydrogens is 261 g/mol. The van der Waals surface area contributed by atoms with Crippen molar-refractivity contribution in [2.45, 2.75) is 26.8 Å². The second-order valence-electron chi connectivity index (χ2n) is 4.57. The molecule has 1 atom stereocenters. The van der Waals surface area contributed by atoms with Gasteiger partial charge in [0.2, 0.25) is 5.91 Å². The van der Waals surface area contributed by atoms with Gasteiger partial charge in [-0.25, -0.2) is 0 Å². The fraction of sp³-hybridized carbons (Fsp3) is 0.455. The Balaban J connectivity index is 0. The number of anilines is 1. The smallest absolute Gasteiger partial charge is 0.241 e. The van der Waals surface area contributed by atoms with E-state index in [1.165, 1.54) is 0 Å². The lowest BCUT2D eigenvalue weighted by Gasteiger charge is -2.25. The number of aromatic nitrogens is 1. The van der Waals surface area contributed by atoms with Crippen LogP contribution in [-0.4, -0.2) is 16.9 Å². The molecule has 98 valence electrons. The fourth-order valence-corrected chi connectivity index (χ4v) is 1.05. The first-order valence-corrected chi connectivity index (χ1v) is 4.88. The van der Waals surface area contributed by atoms with Crippen LogP contribution in [0.25, 0.3) is 0 Å². The second-order valence-corrected chi connectivity index (χ2v) is 4.57. The Morgan fingerprint density at radius 2 is 1.76 bits per heavy atom. The molecule has 1 rings (SSSR count).